The third-order valence-corrected chi connectivity index (χ3v) is 6.53. The smallest absolute Gasteiger partial charge is 0.253 e. The van der Waals surface area contributed by atoms with E-state index in [0.717, 1.165) is 39.5 Å². The van der Waals surface area contributed by atoms with E-state index in [4.69, 9.17) is 0 Å². The third kappa shape index (κ3) is 4.10. The molecule has 2 N–H and O–H groups in total. The van der Waals surface area contributed by atoms with Crippen LogP contribution in [-0.4, -0.2) is 15.5 Å². The van der Waals surface area contributed by atoms with Gasteiger partial charge in [0.15, 0.2) is 0 Å². The van der Waals surface area contributed by atoms with Gasteiger partial charge in [0, 0.05) is 45.5 Å². The number of aromatic nitrogens is 2. The number of halogens is 1. The van der Waals surface area contributed by atoms with Crippen LogP contribution in [0.3, 0.4) is 0 Å². The van der Waals surface area contributed by atoms with E-state index in [1.54, 1.807) is 0 Å². The van der Waals surface area contributed by atoms with E-state index in [0.29, 0.717) is 17.2 Å². The molecule has 3 aromatic rings. The second kappa shape index (κ2) is 8.80. The molecular formula is C24H28BrN3O2. The zero-order chi connectivity index (χ0) is 21.3. The minimum atomic E-state index is -0.159. The number of benzene rings is 1. The first kappa shape index (κ1) is 20.9. The summed E-state index contributed by atoms with van der Waals surface area (Å²) >= 11 is 3.58. The van der Waals surface area contributed by atoms with Crippen molar-refractivity contribution in [2.75, 3.05) is 0 Å². The van der Waals surface area contributed by atoms with E-state index in [-0.39, 0.29) is 18.0 Å². The average molecular weight is 470 g/mol. The van der Waals surface area contributed by atoms with Gasteiger partial charge in [-0.3, -0.25) is 9.59 Å². The van der Waals surface area contributed by atoms with Gasteiger partial charge in [0.2, 0.25) is 0 Å². The van der Waals surface area contributed by atoms with Gasteiger partial charge in [-0.25, -0.2) is 0 Å². The van der Waals surface area contributed by atoms with E-state index in [1.807, 2.05) is 25.1 Å². The van der Waals surface area contributed by atoms with Crippen LogP contribution in [0.1, 0.15) is 72.2 Å². The quantitative estimate of drug-likeness (QED) is 0.507. The molecule has 2 aromatic heterocycles. The van der Waals surface area contributed by atoms with E-state index in [2.05, 4.69) is 50.0 Å². The molecule has 0 aliphatic heterocycles. The monoisotopic (exact) mass is 469 g/mol. The lowest BCUT2D eigenvalue weighted by molar-refractivity contribution is 0.0952. The second-order valence-electron chi connectivity index (χ2n) is 8.27. The van der Waals surface area contributed by atoms with E-state index in [9.17, 15) is 9.59 Å². The standard InChI is InChI=1S/C24H28BrN3O2/c1-3-6-16-11-15(2)27-24(30)21(16)14-26-23(29)20-12-17(25)13-22-19(20)9-10-28(22)18-7-4-5-8-18/h9-13,18H,3-8,14H2,1-2H3,(H,26,29)(H,27,30). The zero-order valence-electron chi connectivity index (χ0n) is 17.6. The van der Waals surface area contributed by atoms with Crippen LogP contribution in [0.15, 0.2) is 39.7 Å². The Morgan fingerprint density at radius 1 is 1.27 bits per heavy atom. The number of carbonyl (C=O) groups is 1. The van der Waals surface area contributed by atoms with E-state index in [1.165, 1.54) is 25.7 Å². The van der Waals surface area contributed by atoms with Crippen molar-refractivity contribution in [3.05, 3.63) is 67.7 Å². The van der Waals surface area contributed by atoms with E-state index >= 15 is 0 Å². The molecule has 30 heavy (non-hydrogen) atoms. The Kier molecular flexibility index (Phi) is 6.14. The lowest BCUT2D eigenvalue weighted by Crippen LogP contribution is -2.28. The Hall–Kier alpha value is -2.34. The molecule has 1 saturated carbocycles. The largest absolute Gasteiger partial charge is 0.348 e. The van der Waals surface area contributed by atoms with Crippen LogP contribution >= 0.6 is 15.9 Å². The number of aromatic amines is 1. The van der Waals surface area contributed by atoms with Gasteiger partial charge in [0.1, 0.15) is 0 Å². The molecule has 0 unspecified atom stereocenters. The molecule has 1 fully saturated rings. The molecule has 0 bridgehead atoms. The molecule has 5 nitrogen and oxygen atoms in total. The number of nitrogens with zero attached hydrogens (tertiary/aromatic N) is 1. The number of carbonyl (C=O) groups excluding carboxylic acids is 1. The van der Waals surface area contributed by atoms with Gasteiger partial charge in [0.05, 0.1) is 5.52 Å². The van der Waals surface area contributed by atoms with Crippen LogP contribution in [0.5, 0.6) is 0 Å². The molecule has 0 radical (unpaired) electrons. The summed E-state index contributed by atoms with van der Waals surface area (Å²) in [5.41, 5.74) is 4.10. The summed E-state index contributed by atoms with van der Waals surface area (Å²) in [5.74, 6) is -0.159. The van der Waals surface area contributed by atoms with Gasteiger partial charge >= 0.3 is 0 Å². The molecule has 1 aliphatic carbocycles. The molecule has 158 valence electrons. The van der Waals surface area contributed by atoms with Gasteiger partial charge in [0.25, 0.3) is 11.5 Å². The van der Waals surface area contributed by atoms with Gasteiger partial charge in [-0.15, -0.1) is 0 Å². The number of aryl methyl sites for hydroxylation is 2. The summed E-state index contributed by atoms with van der Waals surface area (Å²) in [6, 6.07) is 8.51. The summed E-state index contributed by atoms with van der Waals surface area (Å²) in [4.78, 5) is 28.4. The summed E-state index contributed by atoms with van der Waals surface area (Å²) in [7, 11) is 0. The number of hydrogen-bond acceptors (Lipinski definition) is 2. The predicted octanol–water partition coefficient (Wildman–Crippen LogP) is 5.40. The van der Waals surface area contributed by atoms with Crippen molar-refractivity contribution in [1.29, 1.82) is 0 Å². The molecule has 6 heteroatoms. The molecule has 1 amide bonds. The summed E-state index contributed by atoms with van der Waals surface area (Å²) in [5, 5.41) is 3.94. The highest BCUT2D eigenvalue weighted by molar-refractivity contribution is 9.10. The van der Waals surface area contributed by atoms with E-state index < -0.39 is 0 Å². The van der Waals surface area contributed by atoms with Gasteiger partial charge < -0.3 is 14.9 Å². The number of nitrogens with one attached hydrogen (secondary N) is 2. The normalized spacial score (nSPS) is 14.5. The van der Waals surface area contributed by atoms with Crippen molar-refractivity contribution in [3.63, 3.8) is 0 Å². The highest BCUT2D eigenvalue weighted by atomic mass is 79.9. The Bertz CT molecular complexity index is 1140. The summed E-state index contributed by atoms with van der Waals surface area (Å²) in [6.07, 6.45) is 8.77. The lowest BCUT2D eigenvalue weighted by atomic mass is 10.0. The predicted molar refractivity (Wildman–Crippen MR) is 124 cm³/mol. The number of rotatable bonds is 6. The summed E-state index contributed by atoms with van der Waals surface area (Å²) < 4.78 is 3.20. The van der Waals surface area contributed by atoms with Crippen molar-refractivity contribution in [1.82, 2.24) is 14.9 Å². The van der Waals surface area contributed by atoms with Gasteiger partial charge in [-0.1, -0.05) is 42.1 Å². The van der Waals surface area contributed by atoms with Crippen molar-refractivity contribution in [2.45, 2.75) is 65.0 Å². The topological polar surface area (TPSA) is 66.9 Å². The summed E-state index contributed by atoms with van der Waals surface area (Å²) in [6.45, 7) is 4.20. The molecule has 1 aliphatic rings. The van der Waals surface area contributed by atoms with Crippen LogP contribution in [0.25, 0.3) is 10.9 Å². The van der Waals surface area contributed by atoms with Crippen LogP contribution in [0, 0.1) is 6.92 Å². The first-order chi connectivity index (χ1) is 14.5. The highest BCUT2D eigenvalue weighted by Gasteiger charge is 2.21. The SMILES string of the molecule is CCCc1cc(C)[nH]c(=O)c1CNC(=O)c1cc(Br)cc2c1ccn2C1CCCC1. The molecule has 2 heterocycles. The fourth-order valence-electron chi connectivity index (χ4n) is 4.65. The minimum Gasteiger partial charge on any atom is -0.348 e. The molecular weight excluding hydrogens is 442 g/mol. The molecule has 0 atom stereocenters. The molecule has 4 rings (SSSR count). The van der Waals surface area contributed by atoms with Gasteiger partial charge in [-0.05, 0) is 56.0 Å². The lowest BCUT2D eigenvalue weighted by Gasteiger charge is -2.15. The number of hydrogen-bond donors (Lipinski definition) is 2. The zero-order valence-corrected chi connectivity index (χ0v) is 19.1. The van der Waals surface area contributed by atoms with Crippen LogP contribution < -0.4 is 10.9 Å². The van der Waals surface area contributed by atoms with Crippen molar-refractivity contribution in [2.24, 2.45) is 0 Å². The van der Waals surface area contributed by atoms with Gasteiger partial charge in [-0.2, -0.15) is 0 Å². The highest BCUT2D eigenvalue weighted by Crippen LogP contribution is 2.35. The van der Waals surface area contributed by atoms with Crippen LogP contribution in [0.2, 0.25) is 0 Å². The van der Waals surface area contributed by atoms with Crippen molar-refractivity contribution in [3.8, 4) is 0 Å². The Morgan fingerprint density at radius 3 is 2.77 bits per heavy atom. The minimum absolute atomic E-state index is 0.120. The molecule has 0 saturated heterocycles. The number of H-pyrrole nitrogens is 1. The van der Waals surface area contributed by atoms with Crippen molar-refractivity contribution < 1.29 is 4.79 Å². The first-order valence-electron chi connectivity index (χ1n) is 10.8. The maximum Gasteiger partial charge on any atom is 0.253 e. The fourth-order valence-corrected chi connectivity index (χ4v) is 5.10. The molecule has 1 aromatic carbocycles. The first-order valence-corrected chi connectivity index (χ1v) is 11.6. The maximum atomic E-state index is 13.1. The molecule has 0 spiro atoms. The maximum absolute atomic E-state index is 13.1. The Labute approximate surface area is 185 Å². The average Bonchev–Trinajstić information content (AvgIpc) is 3.36. The number of amides is 1. The number of pyridine rings is 1. The Balaban J connectivity index is 1.62. The van der Waals surface area contributed by atoms with Crippen LogP contribution in [0.4, 0.5) is 0 Å². The fraction of sp³-hybridized carbons (Fsp3) is 0.417. The third-order valence-electron chi connectivity index (χ3n) is 6.07. The Morgan fingerprint density at radius 2 is 2.03 bits per heavy atom. The second-order valence-corrected chi connectivity index (χ2v) is 9.18. The van der Waals surface area contributed by atoms with Crippen LogP contribution in [-0.2, 0) is 13.0 Å². The number of fused-ring (bicyclic) bond motifs is 1. The van der Waals surface area contributed by atoms with Crippen molar-refractivity contribution >= 4 is 32.7 Å².